The fraction of sp³-hybridized carbons (Fsp3) is 0.0833. The average molecular weight is 324 g/mol. The molecule has 0 aliphatic carbocycles. The van der Waals surface area contributed by atoms with Gasteiger partial charge >= 0.3 is 5.69 Å². The van der Waals surface area contributed by atoms with Crippen LogP contribution < -0.4 is 16.6 Å². The lowest BCUT2D eigenvalue weighted by Crippen LogP contribution is -2.30. The van der Waals surface area contributed by atoms with E-state index < -0.39 is 17.2 Å². The van der Waals surface area contributed by atoms with Gasteiger partial charge in [-0.3, -0.25) is 14.6 Å². The van der Waals surface area contributed by atoms with Crippen LogP contribution in [0.3, 0.4) is 0 Å². The number of amides is 1. The summed E-state index contributed by atoms with van der Waals surface area (Å²) >= 11 is 3.31. The number of aromatic nitrogens is 2. The molecular formula is C12H10BrN3O3. The summed E-state index contributed by atoms with van der Waals surface area (Å²) < 4.78 is 0.946. The first-order valence-electron chi connectivity index (χ1n) is 5.41. The van der Waals surface area contributed by atoms with Crippen molar-refractivity contribution in [3.8, 4) is 0 Å². The van der Waals surface area contributed by atoms with Crippen molar-refractivity contribution in [3.63, 3.8) is 0 Å². The molecule has 1 heterocycles. The number of nitrogens with one attached hydrogen (secondary N) is 3. The molecule has 0 atom stereocenters. The van der Waals surface area contributed by atoms with Crippen LogP contribution in [0, 0.1) is 0 Å². The topological polar surface area (TPSA) is 94.8 Å². The second-order valence-electron chi connectivity index (χ2n) is 3.81. The van der Waals surface area contributed by atoms with E-state index in [1.54, 1.807) is 0 Å². The number of halogens is 1. The van der Waals surface area contributed by atoms with Crippen molar-refractivity contribution < 1.29 is 4.79 Å². The highest BCUT2D eigenvalue weighted by molar-refractivity contribution is 9.10. The van der Waals surface area contributed by atoms with Crippen molar-refractivity contribution in [2.45, 2.75) is 6.54 Å². The smallest absolute Gasteiger partial charge is 0.326 e. The zero-order valence-electron chi connectivity index (χ0n) is 9.70. The molecule has 6 nitrogen and oxygen atoms in total. The van der Waals surface area contributed by atoms with Crippen molar-refractivity contribution in [2.75, 3.05) is 0 Å². The molecule has 0 aliphatic heterocycles. The maximum absolute atomic E-state index is 11.7. The van der Waals surface area contributed by atoms with E-state index in [2.05, 4.69) is 26.2 Å². The Balaban J connectivity index is 2.07. The minimum absolute atomic E-state index is 0.0640. The molecule has 0 unspecified atom stereocenters. The van der Waals surface area contributed by atoms with Crippen LogP contribution in [0.1, 0.15) is 16.1 Å². The van der Waals surface area contributed by atoms with Gasteiger partial charge < -0.3 is 10.3 Å². The summed E-state index contributed by atoms with van der Waals surface area (Å²) in [5.74, 6) is -0.508. The normalized spacial score (nSPS) is 10.2. The van der Waals surface area contributed by atoms with Gasteiger partial charge in [-0.15, -0.1) is 0 Å². The second-order valence-corrected chi connectivity index (χ2v) is 4.73. The van der Waals surface area contributed by atoms with Crippen molar-refractivity contribution in [1.29, 1.82) is 0 Å². The Morgan fingerprint density at radius 3 is 2.47 bits per heavy atom. The van der Waals surface area contributed by atoms with Gasteiger partial charge in [0, 0.05) is 17.1 Å². The largest absolute Gasteiger partial charge is 0.347 e. The molecule has 0 saturated heterocycles. The number of rotatable bonds is 3. The Labute approximate surface area is 116 Å². The molecule has 0 bridgehead atoms. The third-order valence-corrected chi connectivity index (χ3v) is 2.90. The summed E-state index contributed by atoms with van der Waals surface area (Å²) in [7, 11) is 0. The third-order valence-electron chi connectivity index (χ3n) is 2.37. The molecule has 7 heteroatoms. The summed E-state index contributed by atoms with van der Waals surface area (Å²) in [4.78, 5) is 38.1. The molecule has 19 heavy (non-hydrogen) atoms. The van der Waals surface area contributed by atoms with Gasteiger partial charge in [-0.05, 0) is 17.7 Å². The molecule has 0 aliphatic rings. The highest BCUT2D eigenvalue weighted by Crippen LogP contribution is 2.10. The minimum Gasteiger partial charge on any atom is -0.347 e. The summed E-state index contributed by atoms with van der Waals surface area (Å²) in [6.45, 7) is 0.306. The maximum atomic E-state index is 11.7. The van der Waals surface area contributed by atoms with Crippen molar-refractivity contribution >= 4 is 21.8 Å². The number of hydrogen-bond acceptors (Lipinski definition) is 3. The highest BCUT2D eigenvalue weighted by atomic mass is 79.9. The van der Waals surface area contributed by atoms with Crippen LogP contribution in [-0.4, -0.2) is 15.9 Å². The Kier molecular flexibility index (Phi) is 3.96. The first-order chi connectivity index (χ1) is 9.04. The van der Waals surface area contributed by atoms with E-state index in [9.17, 15) is 14.4 Å². The van der Waals surface area contributed by atoms with Crippen molar-refractivity contribution in [1.82, 2.24) is 15.3 Å². The van der Waals surface area contributed by atoms with Gasteiger partial charge in [0.1, 0.15) is 5.69 Å². The first-order valence-corrected chi connectivity index (χ1v) is 6.20. The fourth-order valence-electron chi connectivity index (χ4n) is 1.47. The SMILES string of the molecule is O=C(NCc1ccc(Br)cc1)c1cc(=O)[nH]c(=O)[nH]1. The molecule has 1 aromatic carbocycles. The number of benzene rings is 1. The lowest BCUT2D eigenvalue weighted by Gasteiger charge is -2.05. The highest BCUT2D eigenvalue weighted by Gasteiger charge is 2.07. The maximum Gasteiger partial charge on any atom is 0.326 e. The van der Waals surface area contributed by atoms with Gasteiger partial charge in [-0.1, -0.05) is 28.1 Å². The number of carbonyl (C=O) groups is 1. The number of carbonyl (C=O) groups excluding carboxylic acids is 1. The van der Waals surface area contributed by atoms with Gasteiger partial charge in [0.2, 0.25) is 0 Å². The third kappa shape index (κ3) is 3.65. The van der Waals surface area contributed by atoms with Crippen LogP contribution in [0.25, 0.3) is 0 Å². The molecule has 2 rings (SSSR count). The molecule has 2 aromatic rings. The van der Waals surface area contributed by atoms with E-state index in [0.29, 0.717) is 6.54 Å². The van der Waals surface area contributed by atoms with Crippen molar-refractivity contribution in [2.24, 2.45) is 0 Å². The molecule has 0 spiro atoms. The Morgan fingerprint density at radius 2 is 1.84 bits per heavy atom. The van der Waals surface area contributed by atoms with Crippen LogP contribution in [0.15, 0.2) is 44.4 Å². The molecule has 3 N–H and O–H groups in total. The van der Waals surface area contributed by atoms with Crippen LogP contribution in [0.4, 0.5) is 0 Å². The van der Waals surface area contributed by atoms with E-state index in [-0.39, 0.29) is 5.69 Å². The van der Waals surface area contributed by atoms with Crippen LogP contribution in [0.2, 0.25) is 0 Å². The Morgan fingerprint density at radius 1 is 1.16 bits per heavy atom. The lowest BCUT2D eigenvalue weighted by atomic mass is 10.2. The zero-order valence-corrected chi connectivity index (χ0v) is 11.3. The average Bonchev–Trinajstić information content (AvgIpc) is 2.36. The number of hydrogen-bond donors (Lipinski definition) is 3. The lowest BCUT2D eigenvalue weighted by molar-refractivity contribution is 0.0945. The number of aromatic amines is 2. The molecular weight excluding hydrogens is 314 g/mol. The van der Waals surface area contributed by atoms with E-state index in [4.69, 9.17) is 0 Å². The van der Waals surface area contributed by atoms with Crippen LogP contribution in [0.5, 0.6) is 0 Å². The molecule has 98 valence electrons. The van der Waals surface area contributed by atoms with Crippen LogP contribution >= 0.6 is 15.9 Å². The van der Waals surface area contributed by atoms with Gasteiger partial charge in [0.05, 0.1) is 0 Å². The molecule has 1 aromatic heterocycles. The zero-order chi connectivity index (χ0) is 13.8. The second kappa shape index (κ2) is 5.66. The summed E-state index contributed by atoms with van der Waals surface area (Å²) in [6, 6.07) is 8.46. The quantitative estimate of drug-likeness (QED) is 0.778. The van der Waals surface area contributed by atoms with Gasteiger partial charge in [-0.25, -0.2) is 4.79 Å². The first kappa shape index (κ1) is 13.3. The monoisotopic (exact) mass is 323 g/mol. The Hall–Kier alpha value is -2.15. The van der Waals surface area contributed by atoms with E-state index in [0.717, 1.165) is 16.1 Å². The molecule has 0 radical (unpaired) electrons. The summed E-state index contributed by atoms with van der Waals surface area (Å²) in [5, 5.41) is 2.61. The summed E-state index contributed by atoms with van der Waals surface area (Å²) in [5.41, 5.74) is -0.478. The summed E-state index contributed by atoms with van der Waals surface area (Å²) in [6.07, 6.45) is 0. The van der Waals surface area contributed by atoms with E-state index in [1.807, 2.05) is 29.2 Å². The van der Waals surface area contributed by atoms with Crippen LogP contribution in [-0.2, 0) is 6.54 Å². The van der Waals surface area contributed by atoms with E-state index in [1.165, 1.54) is 0 Å². The standard InChI is InChI=1S/C12H10BrN3O3/c13-8-3-1-7(2-4-8)6-14-11(18)9-5-10(17)16-12(19)15-9/h1-5H,6H2,(H,14,18)(H2,15,16,17,19). The number of H-pyrrole nitrogens is 2. The predicted molar refractivity (Wildman–Crippen MR) is 73.0 cm³/mol. The minimum atomic E-state index is -0.707. The van der Waals surface area contributed by atoms with Gasteiger partial charge in [0.25, 0.3) is 11.5 Å². The molecule has 0 fully saturated rings. The van der Waals surface area contributed by atoms with E-state index >= 15 is 0 Å². The van der Waals surface area contributed by atoms with Gasteiger partial charge in [0.15, 0.2) is 0 Å². The predicted octanol–water partition coefficient (Wildman–Crippen LogP) is 0.756. The molecule has 1 amide bonds. The van der Waals surface area contributed by atoms with Crippen molar-refractivity contribution in [3.05, 3.63) is 66.9 Å². The van der Waals surface area contributed by atoms with Gasteiger partial charge in [-0.2, -0.15) is 0 Å². The Bertz CT molecular complexity index is 675. The molecule has 0 saturated carbocycles. The fourth-order valence-corrected chi connectivity index (χ4v) is 1.74.